The monoisotopic (exact) mass is 324 g/mol. The SMILES string of the molecule is Cc1ccc(C(=O)NC(C)(C)C)cc1S(=O)(=O)N1CCCC1. The van der Waals surface area contributed by atoms with E-state index in [0.717, 1.165) is 12.8 Å². The second kappa shape index (κ2) is 6.01. The average Bonchev–Trinajstić information content (AvgIpc) is 2.91. The predicted octanol–water partition coefficient (Wildman–Crippen LogP) is 2.31. The molecule has 1 aromatic rings. The van der Waals surface area contributed by atoms with Crippen LogP contribution in [0.2, 0.25) is 0 Å². The fraction of sp³-hybridized carbons (Fsp3) is 0.562. The second-order valence-electron chi connectivity index (χ2n) is 6.80. The highest BCUT2D eigenvalue weighted by Crippen LogP contribution is 2.24. The van der Waals surface area contributed by atoms with Crippen molar-refractivity contribution in [3.8, 4) is 0 Å². The Morgan fingerprint density at radius 1 is 1.18 bits per heavy atom. The van der Waals surface area contributed by atoms with Gasteiger partial charge in [-0.05, 0) is 58.2 Å². The van der Waals surface area contributed by atoms with Crippen LogP contribution in [0.4, 0.5) is 0 Å². The Balaban J connectivity index is 2.37. The molecule has 1 N–H and O–H groups in total. The van der Waals surface area contributed by atoms with Gasteiger partial charge in [0.15, 0.2) is 0 Å². The summed E-state index contributed by atoms with van der Waals surface area (Å²) in [5.41, 5.74) is 0.674. The minimum Gasteiger partial charge on any atom is -0.347 e. The lowest BCUT2D eigenvalue weighted by Gasteiger charge is -2.21. The number of carbonyl (C=O) groups excluding carboxylic acids is 1. The summed E-state index contributed by atoms with van der Waals surface area (Å²) in [4.78, 5) is 12.5. The summed E-state index contributed by atoms with van der Waals surface area (Å²) in [7, 11) is -3.52. The second-order valence-corrected chi connectivity index (χ2v) is 8.70. The van der Waals surface area contributed by atoms with Gasteiger partial charge >= 0.3 is 0 Å². The van der Waals surface area contributed by atoms with Crippen LogP contribution in [0.15, 0.2) is 23.1 Å². The number of nitrogens with zero attached hydrogens (tertiary/aromatic N) is 1. The summed E-state index contributed by atoms with van der Waals surface area (Å²) in [6, 6.07) is 4.85. The van der Waals surface area contributed by atoms with Crippen LogP contribution in [0.3, 0.4) is 0 Å². The number of aryl methyl sites for hydroxylation is 1. The van der Waals surface area contributed by atoms with Crippen LogP contribution in [-0.4, -0.2) is 37.3 Å². The molecule has 1 saturated heterocycles. The lowest BCUT2D eigenvalue weighted by atomic mass is 10.1. The molecule has 1 amide bonds. The maximum absolute atomic E-state index is 12.7. The zero-order valence-corrected chi connectivity index (χ0v) is 14.5. The van der Waals surface area contributed by atoms with Crippen molar-refractivity contribution in [2.45, 2.75) is 51.0 Å². The maximum atomic E-state index is 12.7. The number of hydrogen-bond donors (Lipinski definition) is 1. The standard InChI is InChI=1S/C16H24N2O3S/c1-12-7-8-13(15(19)17-16(2,3)4)11-14(12)22(20,21)18-9-5-6-10-18/h7-8,11H,5-6,9-10H2,1-4H3,(H,17,19). The topological polar surface area (TPSA) is 66.5 Å². The molecule has 1 heterocycles. The molecule has 0 aromatic heterocycles. The summed E-state index contributed by atoms with van der Waals surface area (Å²) in [5, 5.41) is 2.86. The average molecular weight is 324 g/mol. The molecule has 0 atom stereocenters. The van der Waals surface area contributed by atoms with E-state index in [2.05, 4.69) is 5.32 Å². The van der Waals surface area contributed by atoms with Gasteiger partial charge in [0.05, 0.1) is 4.90 Å². The molecular weight excluding hydrogens is 300 g/mol. The highest BCUT2D eigenvalue weighted by Gasteiger charge is 2.29. The zero-order valence-electron chi connectivity index (χ0n) is 13.6. The number of nitrogens with one attached hydrogen (secondary N) is 1. The van der Waals surface area contributed by atoms with Crippen molar-refractivity contribution in [1.29, 1.82) is 0 Å². The van der Waals surface area contributed by atoms with Gasteiger partial charge in [-0.25, -0.2) is 8.42 Å². The van der Waals surface area contributed by atoms with Crippen LogP contribution in [0.25, 0.3) is 0 Å². The summed E-state index contributed by atoms with van der Waals surface area (Å²) >= 11 is 0. The first kappa shape index (κ1) is 17.0. The van der Waals surface area contributed by atoms with Gasteiger partial charge in [-0.2, -0.15) is 4.31 Å². The van der Waals surface area contributed by atoms with Crippen LogP contribution in [-0.2, 0) is 10.0 Å². The summed E-state index contributed by atoms with van der Waals surface area (Å²) < 4.78 is 26.9. The third-order valence-electron chi connectivity index (χ3n) is 3.62. The van der Waals surface area contributed by atoms with Crippen LogP contribution >= 0.6 is 0 Å². The van der Waals surface area contributed by atoms with Gasteiger partial charge in [0.25, 0.3) is 5.91 Å². The minimum absolute atomic E-state index is 0.232. The molecule has 0 spiro atoms. The van der Waals surface area contributed by atoms with E-state index in [-0.39, 0.29) is 16.3 Å². The highest BCUT2D eigenvalue weighted by atomic mass is 32.2. The summed E-state index contributed by atoms with van der Waals surface area (Å²) in [6.07, 6.45) is 1.78. The predicted molar refractivity (Wildman–Crippen MR) is 86.4 cm³/mol. The van der Waals surface area contributed by atoms with Gasteiger partial charge in [-0.3, -0.25) is 4.79 Å². The quantitative estimate of drug-likeness (QED) is 0.928. The van der Waals surface area contributed by atoms with Crippen molar-refractivity contribution >= 4 is 15.9 Å². The van der Waals surface area contributed by atoms with Gasteiger partial charge in [0.2, 0.25) is 10.0 Å². The number of carbonyl (C=O) groups is 1. The third-order valence-corrected chi connectivity index (χ3v) is 5.66. The van der Waals surface area contributed by atoms with Crippen molar-refractivity contribution in [1.82, 2.24) is 9.62 Å². The number of sulfonamides is 1. The highest BCUT2D eigenvalue weighted by molar-refractivity contribution is 7.89. The van der Waals surface area contributed by atoms with Gasteiger partial charge in [0, 0.05) is 24.2 Å². The lowest BCUT2D eigenvalue weighted by Crippen LogP contribution is -2.40. The Kier molecular flexibility index (Phi) is 4.63. The Hall–Kier alpha value is -1.40. The minimum atomic E-state index is -3.52. The van der Waals surface area contributed by atoms with E-state index in [0.29, 0.717) is 24.2 Å². The summed E-state index contributed by atoms with van der Waals surface area (Å²) in [5.74, 6) is -0.259. The molecule has 122 valence electrons. The molecule has 0 saturated carbocycles. The Morgan fingerprint density at radius 3 is 2.32 bits per heavy atom. The largest absolute Gasteiger partial charge is 0.347 e. The molecule has 0 unspecified atom stereocenters. The van der Waals surface area contributed by atoms with Crippen molar-refractivity contribution in [2.24, 2.45) is 0 Å². The molecule has 1 aliphatic rings. The molecule has 5 nitrogen and oxygen atoms in total. The molecule has 1 fully saturated rings. The number of amides is 1. The molecule has 0 aliphatic carbocycles. The number of hydrogen-bond acceptors (Lipinski definition) is 3. The Labute approximate surface area is 132 Å². The smallest absolute Gasteiger partial charge is 0.251 e. The number of benzene rings is 1. The molecule has 2 rings (SSSR count). The van der Waals surface area contributed by atoms with Crippen LogP contribution < -0.4 is 5.32 Å². The molecule has 1 aliphatic heterocycles. The van der Waals surface area contributed by atoms with Gasteiger partial charge < -0.3 is 5.32 Å². The van der Waals surface area contributed by atoms with Crippen molar-refractivity contribution in [2.75, 3.05) is 13.1 Å². The fourth-order valence-electron chi connectivity index (χ4n) is 2.50. The third kappa shape index (κ3) is 3.67. The molecule has 6 heteroatoms. The molecule has 1 aromatic carbocycles. The molecular formula is C16H24N2O3S. The van der Waals surface area contributed by atoms with E-state index in [9.17, 15) is 13.2 Å². The van der Waals surface area contributed by atoms with E-state index in [1.54, 1.807) is 19.1 Å². The van der Waals surface area contributed by atoms with Crippen molar-refractivity contribution < 1.29 is 13.2 Å². The number of rotatable bonds is 3. The normalized spacial score (nSPS) is 16.7. The first-order chi connectivity index (χ1) is 10.1. The van der Waals surface area contributed by atoms with E-state index in [4.69, 9.17) is 0 Å². The first-order valence-electron chi connectivity index (χ1n) is 7.54. The molecule has 0 bridgehead atoms. The summed E-state index contributed by atoms with van der Waals surface area (Å²) in [6.45, 7) is 8.54. The first-order valence-corrected chi connectivity index (χ1v) is 8.98. The van der Waals surface area contributed by atoms with Crippen molar-refractivity contribution in [3.63, 3.8) is 0 Å². The van der Waals surface area contributed by atoms with Gasteiger partial charge in [-0.1, -0.05) is 6.07 Å². The zero-order chi connectivity index (χ0) is 16.5. The van der Waals surface area contributed by atoms with Gasteiger partial charge in [-0.15, -0.1) is 0 Å². The lowest BCUT2D eigenvalue weighted by molar-refractivity contribution is 0.0919. The van der Waals surface area contributed by atoms with E-state index in [1.165, 1.54) is 10.4 Å². The van der Waals surface area contributed by atoms with E-state index < -0.39 is 10.0 Å². The molecule has 22 heavy (non-hydrogen) atoms. The Bertz CT molecular complexity index is 669. The van der Waals surface area contributed by atoms with Crippen LogP contribution in [0.5, 0.6) is 0 Å². The Morgan fingerprint density at radius 2 is 1.77 bits per heavy atom. The van der Waals surface area contributed by atoms with E-state index in [1.807, 2.05) is 20.8 Å². The fourth-order valence-corrected chi connectivity index (χ4v) is 4.27. The van der Waals surface area contributed by atoms with Gasteiger partial charge in [0.1, 0.15) is 0 Å². The van der Waals surface area contributed by atoms with E-state index >= 15 is 0 Å². The van der Waals surface area contributed by atoms with Crippen LogP contribution in [0, 0.1) is 6.92 Å². The maximum Gasteiger partial charge on any atom is 0.251 e. The molecule has 0 radical (unpaired) electrons. The van der Waals surface area contributed by atoms with Crippen LogP contribution in [0.1, 0.15) is 49.5 Å². The van der Waals surface area contributed by atoms with Crippen molar-refractivity contribution in [3.05, 3.63) is 29.3 Å².